The van der Waals surface area contributed by atoms with Gasteiger partial charge in [0.1, 0.15) is 5.82 Å². The average molecular weight is 239 g/mol. The summed E-state index contributed by atoms with van der Waals surface area (Å²) in [6.45, 7) is 9.31. The maximum absolute atomic E-state index is 13.8. The molecule has 1 aromatic rings. The van der Waals surface area contributed by atoms with Crippen LogP contribution in [0.2, 0.25) is 0 Å². The van der Waals surface area contributed by atoms with Gasteiger partial charge >= 0.3 is 0 Å². The highest BCUT2D eigenvalue weighted by atomic mass is 19.1. The Hall–Kier alpha value is -0.930. The number of benzene rings is 1. The molecule has 96 valence electrons. The third-order valence-corrected chi connectivity index (χ3v) is 2.84. The van der Waals surface area contributed by atoms with Crippen molar-refractivity contribution in [1.29, 1.82) is 0 Å². The minimum absolute atomic E-state index is 0.145. The van der Waals surface area contributed by atoms with Crippen LogP contribution >= 0.6 is 0 Å². The first-order chi connectivity index (χ1) is 8.03. The van der Waals surface area contributed by atoms with Gasteiger partial charge in [-0.05, 0) is 33.4 Å². The lowest BCUT2D eigenvalue weighted by Gasteiger charge is -2.35. The molecule has 1 rings (SSSR count). The number of hydrogen-bond acceptors (Lipinski definition) is 2. The molecule has 0 heterocycles. The molecule has 1 aromatic carbocycles. The second-order valence-electron chi connectivity index (χ2n) is 4.55. The maximum atomic E-state index is 13.8. The van der Waals surface area contributed by atoms with E-state index in [2.05, 4.69) is 5.32 Å². The monoisotopic (exact) mass is 239 g/mol. The van der Waals surface area contributed by atoms with Gasteiger partial charge in [-0.25, -0.2) is 4.39 Å². The molecule has 0 aliphatic heterocycles. The van der Waals surface area contributed by atoms with Crippen LogP contribution in [0.15, 0.2) is 24.3 Å². The second-order valence-corrected chi connectivity index (χ2v) is 4.55. The SMILES string of the molecule is CCNC(c1ccccc1F)C(C)(C)OCC. The maximum Gasteiger partial charge on any atom is 0.128 e. The Morgan fingerprint density at radius 3 is 2.47 bits per heavy atom. The van der Waals surface area contributed by atoms with Crippen LogP contribution in [0.25, 0.3) is 0 Å². The van der Waals surface area contributed by atoms with Gasteiger partial charge in [-0.1, -0.05) is 25.1 Å². The van der Waals surface area contributed by atoms with Crippen molar-refractivity contribution in [2.75, 3.05) is 13.2 Å². The molecule has 0 amide bonds. The predicted molar refractivity (Wildman–Crippen MR) is 68.5 cm³/mol. The zero-order valence-corrected chi connectivity index (χ0v) is 11.1. The van der Waals surface area contributed by atoms with Gasteiger partial charge in [0.2, 0.25) is 0 Å². The minimum Gasteiger partial charge on any atom is -0.374 e. The van der Waals surface area contributed by atoms with E-state index in [-0.39, 0.29) is 11.9 Å². The smallest absolute Gasteiger partial charge is 0.128 e. The van der Waals surface area contributed by atoms with Crippen molar-refractivity contribution >= 4 is 0 Å². The van der Waals surface area contributed by atoms with Gasteiger partial charge < -0.3 is 10.1 Å². The van der Waals surface area contributed by atoms with E-state index >= 15 is 0 Å². The van der Waals surface area contributed by atoms with E-state index < -0.39 is 5.60 Å². The molecule has 0 bridgehead atoms. The van der Waals surface area contributed by atoms with Crippen molar-refractivity contribution in [2.24, 2.45) is 0 Å². The summed E-state index contributed by atoms with van der Waals surface area (Å²) in [5.74, 6) is -0.189. The van der Waals surface area contributed by atoms with Gasteiger partial charge in [0.05, 0.1) is 11.6 Å². The van der Waals surface area contributed by atoms with Crippen LogP contribution in [0.3, 0.4) is 0 Å². The topological polar surface area (TPSA) is 21.3 Å². The fraction of sp³-hybridized carbons (Fsp3) is 0.571. The molecular weight excluding hydrogens is 217 g/mol. The van der Waals surface area contributed by atoms with Crippen LogP contribution in [-0.2, 0) is 4.74 Å². The summed E-state index contributed by atoms with van der Waals surface area (Å²) in [4.78, 5) is 0. The number of likely N-dealkylation sites (N-methyl/N-ethyl adjacent to an activating group) is 1. The van der Waals surface area contributed by atoms with E-state index in [9.17, 15) is 4.39 Å². The molecule has 1 unspecified atom stereocenters. The first-order valence-corrected chi connectivity index (χ1v) is 6.14. The molecule has 0 aliphatic rings. The summed E-state index contributed by atoms with van der Waals surface area (Å²) in [5, 5.41) is 3.30. The standard InChI is InChI=1S/C14H22FNO/c1-5-16-13(14(3,4)17-6-2)11-9-7-8-10-12(11)15/h7-10,13,16H,5-6H2,1-4H3. The lowest BCUT2D eigenvalue weighted by Crippen LogP contribution is -2.42. The van der Waals surface area contributed by atoms with Gasteiger partial charge in [0.25, 0.3) is 0 Å². The molecule has 17 heavy (non-hydrogen) atoms. The molecule has 0 aliphatic carbocycles. The molecule has 0 saturated heterocycles. The molecular formula is C14H22FNO. The minimum atomic E-state index is -0.438. The van der Waals surface area contributed by atoms with Crippen LogP contribution in [0.1, 0.15) is 39.3 Å². The summed E-state index contributed by atoms with van der Waals surface area (Å²) < 4.78 is 19.6. The number of nitrogens with one attached hydrogen (secondary N) is 1. The number of halogens is 1. The summed E-state index contributed by atoms with van der Waals surface area (Å²) in [6.07, 6.45) is 0. The Morgan fingerprint density at radius 2 is 1.94 bits per heavy atom. The highest BCUT2D eigenvalue weighted by Crippen LogP contribution is 2.30. The van der Waals surface area contributed by atoms with Crippen molar-refractivity contribution in [1.82, 2.24) is 5.32 Å². The zero-order chi connectivity index (χ0) is 12.9. The van der Waals surface area contributed by atoms with E-state index in [4.69, 9.17) is 4.74 Å². The molecule has 0 radical (unpaired) electrons. The summed E-state index contributed by atoms with van der Waals surface area (Å²) in [7, 11) is 0. The Kier molecular flexibility index (Phi) is 5.09. The number of hydrogen-bond donors (Lipinski definition) is 1. The molecule has 2 nitrogen and oxygen atoms in total. The van der Waals surface area contributed by atoms with E-state index in [1.165, 1.54) is 6.07 Å². The third kappa shape index (κ3) is 3.51. The van der Waals surface area contributed by atoms with Crippen molar-refractivity contribution in [3.8, 4) is 0 Å². The third-order valence-electron chi connectivity index (χ3n) is 2.84. The molecule has 0 fully saturated rings. The summed E-state index contributed by atoms with van der Waals surface area (Å²) in [6, 6.07) is 6.71. The first-order valence-electron chi connectivity index (χ1n) is 6.14. The van der Waals surface area contributed by atoms with Crippen molar-refractivity contribution in [2.45, 2.75) is 39.3 Å². The van der Waals surface area contributed by atoms with E-state index in [1.54, 1.807) is 6.07 Å². The normalized spacial score (nSPS) is 13.7. The largest absolute Gasteiger partial charge is 0.374 e. The highest BCUT2D eigenvalue weighted by molar-refractivity contribution is 5.23. The lowest BCUT2D eigenvalue weighted by atomic mass is 9.91. The fourth-order valence-electron chi connectivity index (χ4n) is 2.10. The van der Waals surface area contributed by atoms with E-state index in [1.807, 2.05) is 39.8 Å². The van der Waals surface area contributed by atoms with Gasteiger partial charge in [-0.15, -0.1) is 0 Å². The van der Waals surface area contributed by atoms with Gasteiger partial charge in [-0.2, -0.15) is 0 Å². The number of rotatable bonds is 6. The van der Waals surface area contributed by atoms with Crippen molar-refractivity contribution in [3.05, 3.63) is 35.6 Å². The van der Waals surface area contributed by atoms with E-state index in [0.29, 0.717) is 12.2 Å². The Bertz CT molecular complexity index is 352. The van der Waals surface area contributed by atoms with Crippen molar-refractivity contribution in [3.63, 3.8) is 0 Å². The van der Waals surface area contributed by atoms with Gasteiger partial charge in [-0.3, -0.25) is 0 Å². The Morgan fingerprint density at radius 1 is 1.29 bits per heavy atom. The van der Waals surface area contributed by atoms with Crippen LogP contribution in [0, 0.1) is 5.82 Å². The first kappa shape index (κ1) is 14.1. The van der Waals surface area contributed by atoms with Gasteiger partial charge in [0, 0.05) is 12.2 Å². The van der Waals surface area contributed by atoms with Crippen LogP contribution in [0.4, 0.5) is 4.39 Å². The van der Waals surface area contributed by atoms with E-state index in [0.717, 1.165) is 6.54 Å². The van der Waals surface area contributed by atoms with Crippen molar-refractivity contribution < 1.29 is 9.13 Å². The summed E-state index contributed by atoms with van der Waals surface area (Å²) >= 11 is 0. The number of ether oxygens (including phenoxy) is 1. The lowest BCUT2D eigenvalue weighted by molar-refractivity contribution is -0.0396. The average Bonchev–Trinajstić information content (AvgIpc) is 2.27. The quantitative estimate of drug-likeness (QED) is 0.822. The molecule has 3 heteroatoms. The Labute approximate surface area is 103 Å². The summed E-state index contributed by atoms with van der Waals surface area (Å²) in [5.41, 5.74) is 0.222. The molecule has 1 atom stereocenters. The molecule has 1 N–H and O–H groups in total. The zero-order valence-electron chi connectivity index (χ0n) is 11.1. The highest BCUT2D eigenvalue weighted by Gasteiger charge is 2.32. The van der Waals surface area contributed by atoms with Crippen LogP contribution < -0.4 is 5.32 Å². The second kappa shape index (κ2) is 6.12. The van der Waals surface area contributed by atoms with Gasteiger partial charge in [0.15, 0.2) is 0 Å². The molecule has 0 spiro atoms. The predicted octanol–water partition coefficient (Wildman–Crippen LogP) is 3.29. The van der Waals surface area contributed by atoms with Crippen LogP contribution in [0.5, 0.6) is 0 Å². The molecule has 0 aromatic heterocycles. The fourth-order valence-corrected chi connectivity index (χ4v) is 2.10. The van der Waals surface area contributed by atoms with Crippen LogP contribution in [-0.4, -0.2) is 18.8 Å². The Balaban J connectivity index is 3.04. The molecule has 0 saturated carbocycles.